The van der Waals surface area contributed by atoms with Crippen LogP contribution < -0.4 is 21.7 Å². The van der Waals surface area contributed by atoms with Crippen LogP contribution in [-0.4, -0.2) is 40.3 Å². The highest BCUT2D eigenvalue weighted by atomic mass is 16.6. The topological polar surface area (TPSA) is 151 Å². The van der Waals surface area contributed by atoms with E-state index in [1.807, 2.05) is 4.98 Å². The lowest BCUT2D eigenvalue weighted by Gasteiger charge is -2.11. The number of hydrogen-bond acceptors (Lipinski definition) is 8. The maximum absolute atomic E-state index is 12.3. The van der Waals surface area contributed by atoms with Crippen molar-refractivity contribution in [2.75, 3.05) is 18.9 Å². The van der Waals surface area contributed by atoms with Crippen LogP contribution in [0.2, 0.25) is 0 Å². The molecule has 0 saturated carbocycles. The molecule has 0 spiro atoms. The molecule has 1 aromatic heterocycles. The second-order valence-corrected chi connectivity index (χ2v) is 6.13. The van der Waals surface area contributed by atoms with Crippen molar-refractivity contribution in [3.8, 4) is 5.75 Å². The molecule has 1 aromatic carbocycles. The Hall–Kier alpha value is -3.69. The Morgan fingerprint density at radius 2 is 1.90 bits per heavy atom. The molecular weight excluding hydrogens is 382 g/mol. The zero-order valence-corrected chi connectivity index (χ0v) is 16.0. The largest absolute Gasteiger partial charge is 0.482 e. The predicted octanol–water partition coefficient (Wildman–Crippen LogP) is 0.536. The van der Waals surface area contributed by atoms with E-state index in [4.69, 9.17) is 15.2 Å². The summed E-state index contributed by atoms with van der Waals surface area (Å²) in [6, 6.07) is 6.23. The Balaban J connectivity index is 2.00. The number of Topliss-reactive ketones (excluding diaryl/α,β-unsaturated/α-hetero) is 2. The van der Waals surface area contributed by atoms with Crippen LogP contribution in [-0.2, 0) is 16.1 Å². The van der Waals surface area contributed by atoms with E-state index in [2.05, 4.69) is 0 Å². The van der Waals surface area contributed by atoms with Crippen LogP contribution in [0, 0.1) is 0 Å². The minimum absolute atomic E-state index is 0.157. The van der Waals surface area contributed by atoms with Gasteiger partial charge < -0.3 is 15.2 Å². The molecule has 0 unspecified atom stereocenters. The molecule has 2 aromatic rings. The van der Waals surface area contributed by atoms with Gasteiger partial charge in [-0.1, -0.05) is 19.1 Å². The van der Waals surface area contributed by atoms with E-state index in [9.17, 15) is 24.0 Å². The summed E-state index contributed by atoms with van der Waals surface area (Å²) in [4.78, 5) is 61.2. The van der Waals surface area contributed by atoms with Crippen LogP contribution in [0.5, 0.6) is 5.75 Å². The molecule has 0 aliphatic carbocycles. The summed E-state index contributed by atoms with van der Waals surface area (Å²) < 4.78 is 11.1. The number of nitrogens with one attached hydrogen (secondary N) is 1. The van der Waals surface area contributed by atoms with Gasteiger partial charge in [-0.15, -0.1) is 0 Å². The first kappa shape index (κ1) is 21.6. The van der Waals surface area contributed by atoms with Gasteiger partial charge in [0.15, 0.2) is 19.0 Å². The minimum Gasteiger partial charge on any atom is -0.482 e. The Morgan fingerprint density at radius 3 is 2.55 bits per heavy atom. The van der Waals surface area contributed by atoms with Crippen molar-refractivity contribution in [3.63, 3.8) is 0 Å². The third-order valence-corrected chi connectivity index (χ3v) is 3.93. The lowest BCUT2D eigenvalue weighted by atomic mass is 10.1. The number of carbonyl (C=O) groups excluding carboxylic acids is 3. The Labute approximate surface area is 165 Å². The number of rotatable bonds is 9. The first-order valence-electron chi connectivity index (χ1n) is 8.79. The van der Waals surface area contributed by atoms with Crippen molar-refractivity contribution in [2.24, 2.45) is 0 Å². The number of hydrogen-bond donors (Lipinski definition) is 2. The van der Waals surface area contributed by atoms with Crippen molar-refractivity contribution in [1.29, 1.82) is 0 Å². The quantitative estimate of drug-likeness (QED) is 0.455. The lowest BCUT2D eigenvalue weighted by molar-refractivity contribution is -0.144. The van der Waals surface area contributed by atoms with E-state index in [1.165, 1.54) is 13.0 Å². The number of aromatic amines is 1. The van der Waals surface area contributed by atoms with Gasteiger partial charge in [-0.3, -0.25) is 23.9 Å². The molecule has 0 radical (unpaired) electrons. The summed E-state index contributed by atoms with van der Waals surface area (Å²) in [7, 11) is 0. The molecule has 1 heterocycles. The molecule has 154 valence electrons. The van der Waals surface area contributed by atoms with Gasteiger partial charge in [-0.25, -0.2) is 9.59 Å². The van der Waals surface area contributed by atoms with Gasteiger partial charge in [0.2, 0.25) is 5.78 Å². The number of H-pyrrole nitrogens is 1. The van der Waals surface area contributed by atoms with Crippen LogP contribution in [0.25, 0.3) is 0 Å². The fourth-order valence-corrected chi connectivity index (χ4v) is 2.51. The first-order valence-corrected chi connectivity index (χ1v) is 8.79. The monoisotopic (exact) mass is 403 g/mol. The lowest BCUT2D eigenvalue weighted by Crippen LogP contribution is -2.37. The molecule has 0 aliphatic heterocycles. The van der Waals surface area contributed by atoms with Crippen molar-refractivity contribution >= 4 is 23.4 Å². The third kappa shape index (κ3) is 5.41. The average molecular weight is 403 g/mol. The molecule has 0 amide bonds. The number of ether oxygens (including phenoxy) is 2. The van der Waals surface area contributed by atoms with Crippen molar-refractivity contribution in [1.82, 2.24) is 9.55 Å². The summed E-state index contributed by atoms with van der Waals surface area (Å²) in [5.41, 5.74) is 4.09. The summed E-state index contributed by atoms with van der Waals surface area (Å²) in [6.07, 6.45) is 0.556. The van der Waals surface area contributed by atoms with Crippen LogP contribution >= 0.6 is 0 Å². The van der Waals surface area contributed by atoms with Crippen LogP contribution in [0.1, 0.15) is 41.0 Å². The van der Waals surface area contributed by atoms with E-state index in [1.54, 1.807) is 25.1 Å². The van der Waals surface area contributed by atoms with E-state index >= 15 is 0 Å². The normalized spacial score (nSPS) is 10.4. The smallest absolute Gasteiger partial charge is 0.344 e. The third-order valence-electron chi connectivity index (χ3n) is 3.93. The van der Waals surface area contributed by atoms with Crippen molar-refractivity contribution in [3.05, 3.63) is 56.2 Å². The zero-order valence-electron chi connectivity index (χ0n) is 16.0. The minimum atomic E-state index is -0.946. The fraction of sp³-hybridized carbons (Fsp3) is 0.316. The summed E-state index contributed by atoms with van der Waals surface area (Å²) in [5, 5.41) is 0. The Kier molecular flexibility index (Phi) is 7.07. The van der Waals surface area contributed by atoms with Gasteiger partial charge >= 0.3 is 11.7 Å². The number of nitrogen functional groups attached to an aromatic ring is 1. The molecule has 10 heteroatoms. The van der Waals surface area contributed by atoms with Gasteiger partial charge in [0, 0.05) is 12.1 Å². The first-order chi connectivity index (χ1) is 13.7. The maximum atomic E-state index is 12.3. The number of carbonyl (C=O) groups is 3. The van der Waals surface area contributed by atoms with E-state index in [-0.39, 0.29) is 23.9 Å². The molecule has 29 heavy (non-hydrogen) atoms. The molecule has 10 nitrogen and oxygen atoms in total. The SMILES string of the molecule is CCCn1c(N)c(C(=O)COC(=O)COc2cccc(C(C)=O)c2)c(=O)[nH]c1=O. The predicted molar refractivity (Wildman–Crippen MR) is 103 cm³/mol. The molecule has 0 atom stereocenters. The second-order valence-electron chi connectivity index (χ2n) is 6.13. The van der Waals surface area contributed by atoms with E-state index in [0.717, 1.165) is 4.57 Å². The number of esters is 1. The number of benzene rings is 1. The van der Waals surface area contributed by atoms with Crippen LogP contribution in [0.4, 0.5) is 5.82 Å². The maximum Gasteiger partial charge on any atom is 0.344 e. The summed E-state index contributed by atoms with van der Waals surface area (Å²) in [6.45, 7) is 2.17. The zero-order chi connectivity index (χ0) is 21.6. The fourth-order valence-electron chi connectivity index (χ4n) is 2.51. The molecule has 3 N–H and O–H groups in total. The van der Waals surface area contributed by atoms with Crippen molar-refractivity contribution in [2.45, 2.75) is 26.8 Å². The average Bonchev–Trinajstić information content (AvgIpc) is 2.68. The molecular formula is C19H21N3O7. The number of nitrogens with two attached hydrogens (primary N) is 1. The Bertz CT molecular complexity index is 1050. The van der Waals surface area contributed by atoms with E-state index in [0.29, 0.717) is 12.0 Å². The second kappa shape index (κ2) is 9.49. The highest BCUT2D eigenvalue weighted by Crippen LogP contribution is 2.14. The van der Waals surface area contributed by atoms with Crippen LogP contribution in [0.15, 0.2) is 33.9 Å². The highest BCUT2D eigenvalue weighted by molar-refractivity contribution is 6.01. The van der Waals surface area contributed by atoms with Gasteiger partial charge in [0.1, 0.15) is 17.1 Å². The van der Waals surface area contributed by atoms with Crippen molar-refractivity contribution < 1.29 is 23.9 Å². The van der Waals surface area contributed by atoms with Gasteiger partial charge in [0.05, 0.1) is 0 Å². The van der Waals surface area contributed by atoms with Gasteiger partial charge in [0.25, 0.3) is 5.56 Å². The van der Waals surface area contributed by atoms with Crippen LogP contribution in [0.3, 0.4) is 0 Å². The highest BCUT2D eigenvalue weighted by Gasteiger charge is 2.20. The number of aromatic nitrogens is 2. The summed E-state index contributed by atoms with van der Waals surface area (Å²) in [5.74, 6) is -1.85. The number of anilines is 1. The van der Waals surface area contributed by atoms with Gasteiger partial charge in [-0.2, -0.15) is 0 Å². The summed E-state index contributed by atoms with van der Waals surface area (Å²) >= 11 is 0. The molecule has 2 rings (SSSR count). The molecule has 0 bridgehead atoms. The Morgan fingerprint density at radius 1 is 1.17 bits per heavy atom. The molecule has 0 fully saturated rings. The molecule has 0 saturated heterocycles. The van der Waals surface area contributed by atoms with Gasteiger partial charge in [-0.05, 0) is 25.5 Å². The standard InChI is InChI=1S/C19H21N3O7/c1-3-7-22-17(20)16(18(26)21-19(22)27)14(24)9-29-15(25)10-28-13-6-4-5-12(8-13)11(2)23/h4-6,8H,3,7,9-10,20H2,1-2H3,(H,21,26,27). The molecule has 0 aliphatic rings. The number of nitrogens with zero attached hydrogens (tertiary/aromatic N) is 1. The number of ketones is 2. The van der Waals surface area contributed by atoms with E-state index < -0.39 is 41.8 Å².